The summed E-state index contributed by atoms with van der Waals surface area (Å²) in [5.74, 6) is -0.494. The Kier molecular flexibility index (Phi) is 4.22. The Bertz CT molecular complexity index is 661. The Morgan fingerprint density at radius 3 is 2.57 bits per heavy atom. The number of rotatable bonds is 4. The van der Waals surface area contributed by atoms with E-state index in [0.29, 0.717) is 11.3 Å². The molecule has 0 unspecified atom stereocenters. The van der Waals surface area contributed by atoms with Crippen LogP contribution in [0.1, 0.15) is 27.6 Å². The minimum Gasteiger partial charge on any atom is -0.462 e. The smallest absolute Gasteiger partial charge is 0.343 e. The molecule has 2 aromatic rings. The number of nitrogens with zero attached hydrogens (tertiary/aromatic N) is 2. The number of aromatic nitrogens is 2. The standard InChI is InChI=1S/C14H16N4O3/c1-3-21-14(20)11-8-17-18(12(11)15)10-6-4-9(5-7-10)13(19)16-2/h4-8H,3,15H2,1-2H3,(H,16,19). The maximum absolute atomic E-state index is 11.7. The molecule has 0 aliphatic rings. The third kappa shape index (κ3) is 2.86. The van der Waals surface area contributed by atoms with E-state index in [0.717, 1.165) is 0 Å². The highest BCUT2D eigenvalue weighted by Gasteiger charge is 2.17. The molecule has 3 N–H and O–H groups in total. The summed E-state index contributed by atoms with van der Waals surface area (Å²) in [6.07, 6.45) is 1.36. The third-order valence-corrected chi connectivity index (χ3v) is 2.90. The lowest BCUT2D eigenvalue weighted by molar-refractivity contribution is 0.0527. The molecule has 1 heterocycles. The van der Waals surface area contributed by atoms with Crippen LogP contribution in [0.25, 0.3) is 5.69 Å². The van der Waals surface area contributed by atoms with Crippen molar-refractivity contribution in [1.82, 2.24) is 15.1 Å². The summed E-state index contributed by atoms with van der Waals surface area (Å²) in [7, 11) is 1.56. The normalized spacial score (nSPS) is 10.2. The molecule has 7 nitrogen and oxygen atoms in total. The molecule has 21 heavy (non-hydrogen) atoms. The summed E-state index contributed by atoms with van der Waals surface area (Å²) in [4.78, 5) is 23.2. The number of carbonyl (C=O) groups excluding carboxylic acids is 2. The number of anilines is 1. The first-order valence-corrected chi connectivity index (χ1v) is 6.41. The number of esters is 1. The number of nitrogen functional groups attached to an aromatic ring is 1. The van der Waals surface area contributed by atoms with Gasteiger partial charge in [-0.25, -0.2) is 9.48 Å². The van der Waals surface area contributed by atoms with Crippen molar-refractivity contribution in [3.8, 4) is 5.69 Å². The highest BCUT2D eigenvalue weighted by Crippen LogP contribution is 2.18. The molecule has 2 rings (SSSR count). The van der Waals surface area contributed by atoms with Crippen LogP contribution in [0, 0.1) is 0 Å². The van der Waals surface area contributed by atoms with Crippen molar-refractivity contribution in [2.45, 2.75) is 6.92 Å². The second-order valence-electron chi connectivity index (χ2n) is 4.20. The Hall–Kier alpha value is -2.83. The fourth-order valence-electron chi connectivity index (χ4n) is 1.83. The van der Waals surface area contributed by atoms with E-state index in [9.17, 15) is 9.59 Å². The van der Waals surface area contributed by atoms with Crippen molar-refractivity contribution >= 4 is 17.7 Å². The van der Waals surface area contributed by atoms with E-state index >= 15 is 0 Å². The van der Waals surface area contributed by atoms with Gasteiger partial charge >= 0.3 is 5.97 Å². The minimum atomic E-state index is -0.511. The molecule has 0 radical (unpaired) electrons. The first kappa shape index (κ1) is 14.6. The van der Waals surface area contributed by atoms with E-state index < -0.39 is 5.97 Å². The van der Waals surface area contributed by atoms with Crippen molar-refractivity contribution < 1.29 is 14.3 Å². The zero-order valence-corrected chi connectivity index (χ0v) is 11.8. The predicted molar refractivity (Wildman–Crippen MR) is 77.3 cm³/mol. The van der Waals surface area contributed by atoms with Gasteiger partial charge in [0.05, 0.1) is 18.5 Å². The van der Waals surface area contributed by atoms with E-state index in [1.54, 1.807) is 38.2 Å². The van der Waals surface area contributed by atoms with Gasteiger partial charge in [-0.3, -0.25) is 4.79 Å². The van der Waals surface area contributed by atoms with Gasteiger partial charge in [-0.1, -0.05) is 0 Å². The number of nitrogens with two attached hydrogens (primary N) is 1. The predicted octanol–water partition coefficient (Wildman–Crippen LogP) is 0.991. The Morgan fingerprint density at radius 2 is 2.00 bits per heavy atom. The number of hydrogen-bond acceptors (Lipinski definition) is 5. The van der Waals surface area contributed by atoms with Gasteiger partial charge in [0.1, 0.15) is 11.4 Å². The van der Waals surface area contributed by atoms with Gasteiger partial charge in [0.2, 0.25) is 0 Å². The van der Waals surface area contributed by atoms with Crippen LogP contribution in [0.2, 0.25) is 0 Å². The zero-order chi connectivity index (χ0) is 15.4. The summed E-state index contributed by atoms with van der Waals surface area (Å²) in [6, 6.07) is 6.70. The van der Waals surface area contributed by atoms with Crippen LogP contribution in [0.4, 0.5) is 5.82 Å². The molecule has 0 fully saturated rings. The quantitative estimate of drug-likeness (QED) is 0.817. The van der Waals surface area contributed by atoms with Crippen molar-refractivity contribution in [3.63, 3.8) is 0 Å². The first-order chi connectivity index (χ1) is 10.1. The molecule has 110 valence electrons. The number of carbonyl (C=O) groups is 2. The van der Waals surface area contributed by atoms with Crippen LogP contribution < -0.4 is 11.1 Å². The van der Waals surface area contributed by atoms with Gasteiger partial charge in [0, 0.05) is 12.6 Å². The molecule has 0 spiro atoms. The van der Waals surface area contributed by atoms with Crippen LogP contribution in [0.3, 0.4) is 0 Å². The van der Waals surface area contributed by atoms with Crippen LogP contribution in [-0.4, -0.2) is 35.3 Å². The van der Waals surface area contributed by atoms with Gasteiger partial charge in [-0.05, 0) is 31.2 Å². The van der Waals surface area contributed by atoms with Crippen molar-refractivity contribution in [2.24, 2.45) is 0 Å². The number of nitrogens with one attached hydrogen (secondary N) is 1. The van der Waals surface area contributed by atoms with Gasteiger partial charge in [0.25, 0.3) is 5.91 Å². The number of ether oxygens (including phenoxy) is 1. The molecule has 0 aliphatic carbocycles. The lowest BCUT2D eigenvalue weighted by Crippen LogP contribution is -2.17. The minimum absolute atomic E-state index is 0.179. The molecule has 1 aromatic carbocycles. The molecular formula is C14H16N4O3. The second-order valence-corrected chi connectivity index (χ2v) is 4.20. The van der Waals surface area contributed by atoms with Gasteiger partial charge < -0.3 is 15.8 Å². The van der Waals surface area contributed by atoms with Crippen LogP contribution in [0.5, 0.6) is 0 Å². The molecule has 0 saturated heterocycles. The average molecular weight is 288 g/mol. The highest BCUT2D eigenvalue weighted by molar-refractivity contribution is 5.95. The van der Waals surface area contributed by atoms with Gasteiger partial charge in [-0.15, -0.1) is 0 Å². The van der Waals surface area contributed by atoms with Crippen LogP contribution >= 0.6 is 0 Å². The summed E-state index contributed by atoms with van der Waals surface area (Å²) in [5.41, 5.74) is 7.30. The van der Waals surface area contributed by atoms with Gasteiger partial charge in [-0.2, -0.15) is 5.10 Å². The van der Waals surface area contributed by atoms with E-state index in [1.807, 2.05) is 0 Å². The summed E-state index contributed by atoms with van der Waals surface area (Å²) in [5, 5.41) is 6.61. The van der Waals surface area contributed by atoms with Crippen molar-refractivity contribution in [1.29, 1.82) is 0 Å². The van der Waals surface area contributed by atoms with Gasteiger partial charge in [0.15, 0.2) is 0 Å². The number of amides is 1. The topological polar surface area (TPSA) is 99.2 Å². The summed E-state index contributed by atoms with van der Waals surface area (Å²) in [6.45, 7) is 1.99. The molecule has 0 bridgehead atoms. The van der Waals surface area contributed by atoms with E-state index in [2.05, 4.69) is 10.4 Å². The maximum atomic E-state index is 11.7. The average Bonchev–Trinajstić information content (AvgIpc) is 2.88. The fourth-order valence-corrected chi connectivity index (χ4v) is 1.83. The fraction of sp³-hybridized carbons (Fsp3) is 0.214. The Labute approximate surface area is 121 Å². The Morgan fingerprint density at radius 1 is 1.33 bits per heavy atom. The zero-order valence-electron chi connectivity index (χ0n) is 11.8. The largest absolute Gasteiger partial charge is 0.462 e. The van der Waals surface area contributed by atoms with Crippen molar-refractivity contribution in [3.05, 3.63) is 41.6 Å². The SMILES string of the molecule is CCOC(=O)c1cnn(-c2ccc(C(=O)NC)cc2)c1N. The Balaban J connectivity index is 2.31. The molecule has 1 amide bonds. The van der Waals surface area contributed by atoms with E-state index in [1.165, 1.54) is 10.9 Å². The third-order valence-electron chi connectivity index (χ3n) is 2.90. The molecule has 0 saturated carbocycles. The molecule has 0 atom stereocenters. The van der Waals surface area contributed by atoms with E-state index in [-0.39, 0.29) is 23.9 Å². The van der Waals surface area contributed by atoms with Crippen LogP contribution in [-0.2, 0) is 4.74 Å². The maximum Gasteiger partial charge on any atom is 0.343 e. The van der Waals surface area contributed by atoms with Crippen LogP contribution in [0.15, 0.2) is 30.5 Å². The molecular weight excluding hydrogens is 272 g/mol. The highest BCUT2D eigenvalue weighted by atomic mass is 16.5. The van der Waals surface area contributed by atoms with E-state index in [4.69, 9.17) is 10.5 Å². The number of benzene rings is 1. The van der Waals surface area contributed by atoms with Crippen molar-refractivity contribution in [2.75, 3.05) is 19.4 Å². The first-order valence-electron chi connectivity index (χ1n) is 6.41. The monoisotopic (exact) mass is 288 g/mol. The second kappa shape index (κ2) is 6.08. The molecule has 7 heteroatoms. The summed E-state index contributed by atoms with van der Waals surface area (Å²) >= 11 is 0. The number of hydrogen-bond donors (Lipinski definition) is 2. The summed E-state index contributed by atoms with van der Waals surface area (Å²) < 4.78 is 6.31. The molecule has 1 aromatic heterocycles. The molecule has 0 aliphatic heterocycles. The lowest BCUT2D eigenvalue weighted by Gasteiger charge is -2.06. The lowest BCUT2D eigenvalue weighted by atomic mass is 10.2.